The van der Waals surface area contributed by atoms with E-state index in [4.69, 9.17) is 15.5 Å². The van der Waals surface area contributed by atoms with E-state index >= 15 is 0 Å². The molecule has 1 atom stereocenters. The zero-order chi connectivity index (χ0) is 24.5. The number of nitrogens with two attached hydrogens (primary N) is 1. The van der Waals surface area contributed by atoms with Gasteiger partial charge in [0.15, 0.2) is 5.60 Å². The second kappa shape index (κ2) is 7.42. The molecule has 0 unspecified atom stereocenters. The van der Waals surface area contributed by atoms with Gasteiger partial charge in [-0.25, -0.2) is 14.5 Å². The Hall–Kier alpha value is -4.15. The third-order valence-corrected chi connectivity index (χ3v) is 6.90. The lowest BCUT2D eigenvalue weighted by molar-refractivity contribution is -0.172. The number of carbonyl (C=O) groups excluding carboxylic acids is 2. The Kier molecular flexibility index (Phi) is 4.54. The summed E-state index contributed by atoms with van der Waals surface area (Å²) in [6, 6.07) is 9.24. The van der Waals surface area contributed by atoms with Gasteiger partial charge in [-0.1, -0.05) is 25.1 Å². The number of rotatable bonds is 3. The largest absolute Gasteiger partial charge is 0.458 e. The topological polar surface area (TPSA) is 142 Å². The van der Waals surface area contributed by atoms with Crippen LogP contribution >= 0.6 is 0 Å². The molecule has 0 radical (unpaired) electrons. The Morgan fingerprint density at radius 2 is 2.06 bits per heavy atom. The van der Waals surface area contributed by atoms with Crippen molar-refractivity contribution < 1.29 is 19.4 Å². The number of pyridine rings is 2. The lowest BCUT2D eigenvalue weighted by atomic mass is 9.86. The van der Waals surface area contributed by atoms with Crippen LogP contribution in [0.5, 0.6) is 0 Å². The van der Waals surface area contributed by atoms with Crippen molar-refractivity contribution in [3.63, 3.8) is 0 Å². The molecule has 0 fully saturated rings. The van der Waals surface area contributed by atoms with Crippen LogP contribution in [0.4, 0.5) is 0 Å². The number of ether oxygens (including phenoxy) is 1. The number of nitrogens with zero attached hydrogens (tertiary/aromatic N) is 4. The molecule has 10 heteroatoms. The second-order valence-corrected chi connectivity index (χ2v) is 8.71. The quantitative estimate of drug-likeness (QED) is 0.377. The number of carbonyl (C=O) groups is 2. The minimum atomic E-state index is -1.89. The molecule has 5 heterocycles. The fraction of sp³-hybridized carbons (Fsp3) is 0.240. The number of fused-ring (bicyclic) bond motifs is 5. The molecule has 2 aliphatic rings. The van der Waals surface area contributed by atoms with E-state index in [-0.39, 0.29) is 48.7 Å². The fourth-order valence-corrected chi connectivity index (χ4v) is 5.04. The van der Waals surface area contributed by atoms with Gasteiger partial charge in [-0.15, -0.1) is 0 Å². The summed E-state index contributed by atoms with van der Waals surface area (Å²) in [5.41, 5.74) is 7.87. The molecule has 0 saturated heterocycles. The van der Waals surface area contributed by atoms with Crippen molar-refractivity contribution in [2.75, 3.05) is 6.54 Å². The van der Waals surface area contributed by atoms with Crippen molar-refractivity contribution >= 4 is 22.8 Å². The second-order valence-electron chi connectivity index (χ2n) is 8.71. The molecule has 35 heavy (non-hydrogen) atoms. The van der Waals surface area contributed by atoms with Gasteiger partial charge in [-0.2, -0.15) is 5.10 Å². The molecule has 3 N–H and O–H groups in total. The molecule has 0 bridgehead atoms. The van der Waals surface area contributed by atoms with Crippen LogP contribution in [0.15, 0.2) is 47.5 Å². The van der Waals surface area contributed by atoms with Crippen molar-refractivity contribution in [1.29, 1.82) is 0 Å². The minimum Gasteiger partial charge on any atom is -0.458 e. The maximum atomic E-state index is 13.5. The van der Waals surface area contributed by atoms with Crippen LogP contribution in [0.3, 0.4) is 0 Å². The van der Waals surface area contributed by atoms with Gasteiger partial charge in [0.25, 0.3) is 11.5 Å². The van der Waals surface area contributed by atoms with E-state index in [1.807, 2.05) is 24.3 Å². The summed E-state index contributed by atoms with van der Waals surface area (Å²) in [4.78, 5) is 42.9. The highest BCUT2D eigenvalue weighted by Gasteiger charge is 2.45. The highest BCUT2D eigenvalue weighted by atomic mass is 16.6. The van der Waals surface area contributed by atoms with Crippen molar-refractivity contribution in [3.05, 3.63) is 69.8 Å². The number of cyclic esters (lactones) is 1. The molecule has 10 nitrogen and oxygen atoms in total. The summed E-state index contributed by atoms with van der Waals surface area (Å²) in [5, 5.41) is 16.1. The minimum absolute atomic E-state index is 0.0688. The van der Waals surface area contributed by atoms with Gasteiger partial charge in [0.05, 0.1) is 41.8 Å². The number of para-hydroxylation sites is 1. The van der Waals surface area contributed by atoms with Crippen LogP contribution < -0.4 is 11.3 Å². The third-order valence-electron chi connectivity index (χ3n) is 6.90. The predicted octanol–water partition coefficient (Wildman–Crippen LogP) is 1.54. The van der Waals surface area contributed by atoms with Crippen molar-refractivity contribution in [2.24, 2.45) is 5.73 Å². The first-order valence-electron chi connectivity index (χ1n) is 11.2. The average Bonchev–Trinajstić information content (AvgIpc) is 3.50. The van der Waals surface area contributed by atoms with Gasteiger partial charge >= 0.3 is 5.97 Å². The summed E-state index contributed by atoms with van der Waals surface area (Å²) >= 11 is 0. The molecule has 4 aromatic rings. The zero-order valence-corrected chi connectivity index (χ0v) is 18.8. The van der Waals surface area contributed by atoms with Gasteiger partial charge in [-0.05, 0) is 18.6 Å². The van der Waals surface area contributed by atoms with E-state index in [1.54, 1.807) is 30.0 Å². The van der Waals surface area contributed by atoms with Crippen LogP contribution in [0, 0.1) is 0 Å². The first-order chi connectivity index (χ1) is 16.9. The zero-order valence-electron chi connectivity index (χ0n) is 18.8. The van der Waals surface area contributed by atoms with Gasteiger partial charge in [0.1, 0.15) is 6.61 Å². The smallest absolute Gasteiger partial charge is 0.343 e. The first-order valence-corrected chi connectivity index (χ1v) is 11.2. The Morgan fingerprint density at radius 3 is 2.83 bits per heavy atom. The van der Waals surface area contributed by atoms with E-state index < -0.39 is 11.6 Å². The molecule has 3 aromatic heterocycles. The first kappa shape index (κ1) is 21.4. The summed E-state index contributed by atoms with van der Waals surface area (Å²) in [6.45, 7) is 1.53. The molecule has 0 aliphatic carbocycles. The molecule has 0 amide bonds. The standard InChI is InChI=1S/C25H21N5O5/c1-2-25(34)17-7-19-22-15(11-29(19)23(32)16(17)12-35-24(25)33)21(14-5-3-4-6-18(14)28-22)13-9-27-30(10-13)20(31)8-26/h3-7,9-10,34H,2,8,11-12,26H2,1H3/t25-/m0/s1. The summed E-state index contributed by atoms with van der Waals surface area (Å²) in [7, 11) is 0. The van der Waals surface area contributed by atoms with Crippen LogP contribution in [0.25, 0.3) is 33.4 Å². The molecule has 6 rings (SSSR count). The molecular weight excluding hydrogens is 450 g/mol. The normalized spacial score (nSPS) is 18.2. The number of aliphatic hydroxyl groups is 1. The fourth-order valence-electron chi connectivity index (χ4n) is 5.04. The highest BCUT2D eigenvalue weighted by molar-refractivity contribution is 6.00. The molecule has 176 valence electrons. The Bertz CT molecular complexity index is 1640. The van der Waals surface area contributed by atoms with Gasteiger partial charge < -0.3 is 20.1 Å². The van der Waals surface area contributed by atoms with E-state index in [2.05, 4.69) is 5.10 Å². The average molecular weight is 471 g/mol. The lowest BCUT2D eigenvalue weighted by Crippen LogP contribution is -2.44. The monoisotopic (exact) mass is 471 g/mol. The number of hydrogen-bond donors (Lipinski definition) is 2. The Morgan fingerprint density at radius 1 is 1.26 bits per heavy atom. The molecule has 0 spiro atoms. The number of hydrogen-bond acceptors (Lipinski definition) is 8. The highest BCUT2D eigenvalue weighted by Crippen LogP contribution is 2.43. The molecular formula is C25H21N5O5. The van der Waals surface area contributed by atoms with Crippen LogP contribution in [0.2, 0.25) is 0 Å². The summed E-state index contributed by atoms with van der Waals surface area (Å²) in [6.07, 6.45) is 3.28. The van der Waals surface area contributed by atoms with Crippen molar-refractivity contribution in [1.82, 2.24) is 19.3 Å². The van der Waals surface area contributed by atoms with Crippen molar-refractivity contribution in [3.8, 4) is 22.5 Å². The maximum absolute atomic E-state index is 13.5. The van der Waals surface area contributed by atoms with Crippen molar-refractivity contribution in [2.45, 2.75) is 32.1 Å². The van der Waals surface area contributed by atoms with Crippen LogP contribution in [-0.2, 0) is 28.3 Å². The lowest BCUT2D eigenvalue weighted by Gasteiger charge is -2.31. The SMILES string of the molecule is CC[C@@]1(O)C(=O)OCc2c1cc1n(c2=O)Cc2c-1nc1ccccc1c2-c1cnn(C(=O)CN)c1. The Balaban J connectivity index is 1.64. The molecule has 0 saturated carbocycles. The van der Waals surface area contributed by atoms with E-state index in [0.29, 0.717) is 22.5 Å². The van der Waals surface area contributed by atoms with Gasteiger partial charge in [0.2, 0.25) is 0 Å². The molecule has 1 aromatic carbocycles. The maximum Gasteiger partial charge on any atom is 0.343 e. The van der Waals surface area contributed by atoms with E-state index in [9.17, 15) is 19.5 Å². The van der Waals surface area contributed by atoms with E-state index in [1.165, 1.54) is 4.68 Å². The number of esters is 1. The summed E-state index contributed by atoms with van der Waals surface area (Å²) < 4.78 is 7.94. The van der Waals surface area contributed by atoms with Gasteiger partial charge in [-0.3, -0.25) is 9.59 Å². The van der Waals surface area contributed by atoms with Gasteiger partial charge in [0, 0.05) is 33.8 Å². The van der Waals surface area contributed by atoms with Crippen LogP contribution in [-0.4, -0.2) is 42.9 Å². The Labute approximate surface area is 198 Å². The predicted molar refractivity (Wildman–Crippen MR) is 125 cm³/mol. The number of benzene rings is 1. The van der Waals surface area contributed by atoms with E-state index in [0.717, 1.165) is 16.5 Å². The summed E-state index contributed by atoms with van der Waals surface area (Å²) in [5.74, 6) is -1.11. The van der Waals surface area contributed by atoms with Crippen LogP contribution in [0.1, 0.15) is 34.8 Å². The molecule has 2 aliphatic heterocycles. The number of aromatic nitrogens is 4. The third kappa shape index (κ3) is 2.87.